The summed E-state index contributed by atoms with van der Waals surface area (Å²) in [6, 6.07) is 0. The first-order valence-corrected chi connectivity index (χ1v) is 24.5. The van der Waals surface area contributed by atoms with Crippen molar-refractivity contribution >= 4 is 16.4 Å². The minimum Gasteiger partial charge on any atom is -0.457 e. The van der Waals surface area contributed by atoms with Crippen LogP contribution in [0.25, 0.3) is 0 Å². The molecular weight excluding hydrogens is 765 g/mol. The Balaban J connectivity index is 2.43. The van der Waals surface area contributed by atoms with Crippen LogP contribution in [0, 0.1) is 0 Å². The van der Waals surface area contributed by atoms with Gasteiger partial charge in [-0.1, -0.05) is 147 Å². The molecule has 12 nitrogen and oxygen atoms in total. The normalized spacial score (nSPS) is 20.7. The Hall–Kier alpha value is -1.42. The molecule has 0 aliphatic carbocycles. The number of carbonyl (C=O) groups excluding carboxylic acids is 1. The molecule has 6 unspecified atom stereocenters. The largest absolute Gasteiger partial charge is 0.457 e. The van der Waals surface area contributed by atoms with Crippen LogP contribution in [0.1, 0.15) is 194 Å². The summed E-state index contributed by atoms with van der Waals surface area (Å²) in [6.07, 6.45) is 32.1. The molecule has 0 aromatic carbocycles. The number of aliphatic hydroxyl groups excluding tert-OH is 3. The number of ether oxygens (including phenoxy) is 4. The van der Waals surface area contributed by atoms with Gasteiger partial charge in [-0.25, -0.2) is 4.18 Å². The van der Waals surface area contributed by atoms with E-state index in [1.807, 2.05) is 0 Å². The lowest BCUT2D eigenvalue weighted by atomic mass is 9.99. The second-order valence-electron chi connectivity index (χ2n) is 16.0. The molecule has 0 spiro atoms. The van der Waals surface area contributed by atoms with Gasteiger partial charge in [0.05, 0.1) is 19.8 Å². The van der Waals surface area contributed by atoms with Crippen molar-refractivity contribution in [1.29, 1.82) is 0 Å². The van der Waals surface area contributed by atoms with E-state index in [-0.39, 0.29) is 19.6 Å². The van der Waals surface area contributed by atoms with E-state index < -0.39 is 59.8 Å². The molecule has 6 atom stereocenters. The second-order valence-corrected chi connectivity index (χ2v) is 17.0. The first-order valence-electron chi connectivity index (χ1n) is 23.1. The van der Waals surface area contributed by atoms with E-state index in [9.17, 15) is 28.5 Å². The minimum atomic E-state index is -5.06. The molecule has 1 rings (SSSR count). The molecule has 0 radical (unpaired) electrons. The Morgan fingerprint density at radius 3 is 1.55 bits per heavy atom. The summed E-state index contributed by atoms with van der Waals surface area (Å²) in [5.74, 6) is -0.409. The zero-order valence-electron chi connectivity index (χ0n) is 36.4. The molecule has 1 fully saturated rings. The van der Waals surface area contributed by atoms with Gasteiger partial charge >= 0.3 is 16.4 Å². The SMILES string of the molecule is CCCCCCC/C=C\CCCCCCCC(=O)OC(COCCCCCCCC/C=C\CCCCCCCCC)COC1OC(CO)C(O)C(OS(=O)(=O)O)C1O. The summed E-state index contributed by atoms with van der Waals surface area (Å²) < 4.78 is 59.0. The van der Waals surface area contributed by atoms with Gasteiger partial charge < -0.3 is 34.3 Å². The van der Waals surface area contributed by atoms with E-state index >= 15 is 0 Å². The molecule has 1 heterocycles. The fourth-order valence-corrected chi connectivity index (χ4v) is 7.52. The van der Waals surface area contributed by atoms with E-state index in [0.717, 1.165) is 64.2 Å². The fraction of sp³-hybridized carbons (Fsp3) is 0.889. The third-order valence-electron chi connectivity index (χ3n) is 10.5. The summed E-state index contributed by atoms with van der Waals surface area (Å²) in [4.78, 5) is 12.8. The second kappa shape index (κ2) is 37.4. The maximum atomic E-state index is 12.8. The van der Waals surface area contributed by atoms with Gasteiger partial charge in [0.15, 0.2) is 6.29 Å². The molecule has 0 bridgehead atoms. The van der Waals surface area contributed by atoms with Crippen molar-refractivity contribution in [2.45, 2.75) is 230 Å². The Bertz CT molecular complexity index is 1120. The third kappa shape index (κ3) is 30.6. The summed E-state index contributed by atoms with van der Waals surface area (Å²) >= 11 is 0. The van der Waals surface area contributed by atoms with Crippen molar-refractivity contribution < 1.29 is 56.2 Å². The monoisotopic (exact) mass is 849 g/mol. The summed E-state index contributed by atoms with van der Waals surface area (Å²) in [5.41, 5.74) is 0. The molecule has 1 saturated heterocycles. The maximum Gasteiger partial charge on any atom is 0.397 e. The molecule has 0 amide bonds. The Kier molecular flexibility index (Phi) is 35.2. The van der Waals surface area contributed by atoms with Crippen LogP contribution in [0.2, 0.25) is 0 Å². The number of esters is 1. The minimum absolute atomic E-state index is 0.0308. The van der Waals surface area contributed by atoms with Gasteiger partial charge in [0.2, 0.25) is 0 Å². The number of carbonyl (C=O) groups is 1. The first kappa shape index (κ1) is 54.6. The van der Waals surface area contributed by atoms with E-state index in [2.05, 4.69) is 42.3 Å². The van der Waals surface area contributed by atoms with E-state index in [4.69, 9.17) is 23.5 Å². The zero-order chi connectivity index (χ0) is 42.5. The molecule has 58 heavy (non-hydrogen) atoms. The van der Waals surface area contributed by atoms with Crippen LogP contribution in [0.3, 0.4) is 0 Å². The molecule has 0 aromatic rings. The predicted octanol–water partition coefficient (Wildman–Crippen LogP) is 9.63. The highest BCUT2D eigenvalue weighted by Crippen LogP contribution is 2.26. The Morgan fingerprint density at radius 2 is 1.09 bits per heavy atom. The van der Waals surface area contributed by atoms with Gasteiger partial charge in [0.1, 0.15) is 30.5 Å². The van der Waals surface area contributed by atoms with Crippen molar-refractivity contribution in [2.24, 2.45) is 0 Å². The van der Waals surface area contributed by atoms with E-state index in [0.29, 0.717) is 13.0 Å². The summed E-state index contributed by atoms with van der Waals surface area (Å²) in [7, 11) is -5.06. The molecular formula is C45H84O12S. The molecule has 0 aromatic heterocycles. The van der Waals surface area contributed by atoms with Crippen LogP contribution in [0.4, 0.5) is 0 Å². The van der Waals surface area contributed by atoms with Crippen molar-refractivity contribution in [3.63, 3.8) is 0 Å². The molecule has 0 saturated carbocycles. The lowest BCUT2D eigenvalue weighted by Crippen LogP contribution is -2.60. The molecule has 4 N–H and O–H groups in total. The number of hydrogen-bond donors (Lipinski definition) is 4. The number of unbranched alkanes of at least 4 members (excludes halogenated alkanes) is 23. The molecule has 1 aliphatic rings. The predicted molar refractivity (Wildman–Crippen MR) is 230 cm³/mol. The van der Waals surface area contributed by atoms with Gasteiger partial charge in [-0.2, -0.15) is 8.42 Å². The first-order chi connectivity index (χ1) is 28.1. The van der Waals surface area contributed by atoms with Gasteiger partial charge in [0.25, 0.3) is 0 Å². The number of rotatable bonds is 40. The molecule has 342 valence electrons. The standard InChI is InChI=1S/C45H84O12S/c1-3-5-7-9-11-13-15-17-19-20-21-23-25-27-29-31-33-35-53-37-39(38-54-45-43(49)44(57-58(50,51)52)42(48)40(36-46)56-45)55-41(47)34-32-30-28-26-24-22-18-16-14-12-10-8-6-4-2/h16,18-20,39-40,42-46,48-49H,3-15,17,21-38H2,1-2H3,(H,50,51,52)/b18-16-,20-19-. The maximum absolute atomic E-state index is 12.8. The number of hydrogen-bond acceptors (Lipinski definition) is 11. The van der Waals surface area contributed by atoms with Crippen LogP contribution in [0.15, 0.2) is 24.3 Å². The van der Waals surface area contributed by atoms with Gasteiger partial charge in [-0.05, 0) is 64.2 Å². The van der Waals surface area contributed by atoms with Crippen LogP contribution in [-0.2, 0) is 38.3 Å². The molecule has 13 heteroatoms. The quantitative estimate of drug-likeness (QED) is 0.0199. The highest BCUT2D eigenvalue weighted by molar-refractivity contribution is 7.80. The smallest absolute Gasteiger partial charge is 0.397 e. The zero-order valence-corrected chi connectivity index (χ0v) is 37.2. The Labute approximate surface area is 352 Å². The Morgan fingerprint density at radius 1 is 0.638 bits per heavy atom. The number of aliphatic hydroxyl groups is 3. The third-order valence-corrected chi connectivity index (χ3v) is 11.0. The lowest BCUT2D eigenvalue weighted by Gasteiger charge is -2.41. The van der Waals surface area contributed by atoms with Gasteiger partial charge in [-0.15, -0.1) is 0 Å². The van der Waals surface area contributed by atoms with Crippen molar-refractivity contribution in [3.8, 4) is 0 Å². The van der Waals surface area contributed by atoms with E-state index in [1.165, 1.54) is 103 Å². The summed E-state index contributed by atoms with van der Waals surface area (Å²) in [6.45, 7) is 3.96. The average Bonchev–Trinajstić information content (AvgIpc) is 3.19. The van der Waals surface area contributed by atoms with Crippen molar-refractivity contribution in [1.82, 2.24) is 0 Å². The van der Waals surface area contributed by atoms with Crippen LogP contribution in [-0.4, -0.2) is 97.5 Å². The van der Waals surface area contributed by atoms with Crippen LogP contribution in [0.5, 0.6) is 0 Å². The average molecular weight is 849 g/mol. The topological polar surface area (TPSA) is 178 Å². The highest BCUT2D eigenvalue weighted by atomic mass is 32.3. The highest BCUT2D eigenvalue weighted by Gasteiger charge is 2.48. The number of allylic oxidation sites excluding steroid dienone is 4. The van der Waals surface area contributed by atoms with Crippen molar-refractivity contribution in [2.75, 3.05) is 26.4 Å². The molecule has 1 aliphatic heterocycles. The van der Waals surface area contributed by atoms with Gasteiger partial charge in [-0.3, -0.25) is 9.35 Å². The summed E-state index contributed by atoms with van der Waals surface area (Å²) in [5, 5.41) is 30.6. The van der Waals surface area contributed by atoms with Crippen LogP contribution >= 0.6 is 0 Å². The van der Waals surface area contributed by atoms with Gasteiger partial charge in [0, 0.05) is 13.0 Å². The lowest BCUT2D eigenvalue weighted by molar-refractivity contribution is -0.301. The fourth-order valence-electron chi connectivity index (χ4n) is 7.01. The van der Waals surface area contributed by atoms with Crippen molar-refractivity contribution in [3.05, 3.63) is 24.3 Å². The van der Waals surface area contributed by atoms with Crippen LogP contribution < -0.4 is 0 Å². The van der Waals surface area contributed by atoms with E-state index in [1.54, 1.807) is 0 Å².